The van der Waals surface area contributed by atoms with Crippen LogP contribution in [-0.4, -0.2) is 21.7 Å². The summed E-state index contributed by atoms with van der Waals surface area (Å²) in [6.45, 7) is -0.00799. The summed E-state index contributed by atoms with van der Waals surface area (Å²) in [7, 11) is 0. The fourth-order valence-corrected chi connectivity index (χ4v) is 6.11. The fourth-order valence-electron chi connectivity index (χ4n) is 6.11. The van der Waals surface area contributed by atoms with Crippen LogP contribution >= 0.6 is 0 Å². The van der Waals surface area contributed by atoms with Crippen LogP contribution in [-0.2, 0) is 0 Å². The molecule has 40 heavy (non-hydrogen) atoms. The highest BCUT2D eigenvalue weighted by Crippen LogP contribution is 2.44. The van der Waals surface area contributed by atoms with Crippen LogP contribution < -0.4 is 30.8 Å². The van der Waals surface area contributed by atoms with Gasteiger partial charge in [-0.1, -0.05) is 78.9 Å². The molecule has 4 heterocycles. The molecular weight excluding hydrogens is 495 g/mol. The lowest BCUT2D eigenvalue weighted by Crippen LogP contribution is -2.61. The van der Waals surface area contributed by atoms with Crippen molar-refractivity contribution >= 4 is 40.4 Å². The van der Waals surface area contributed by atoms with Crippen molar-refractivity contribution in [1.82, 2.24) is 15.0 Å². The van der Waals surface area contributed by atoms with Crippen LogP contribution in [0.5, 0.6) is 23.0 Å². The van der Waals surface area contributed by atoms with E-state index in [1.807, 2.05) is 103 Å². The van der Waals surface area contributed by atoms with Gasteiger partial charge in [0.2, 0.25) is 5.95 Å². The summed E-state index contributed by atoms with van der Waals surface area (Å²) in [6, 6.07) is 38.4. The zero-order valence-corrected chi connectivity index (χ0v) is 21.2. The molecule has 0 N–H and O–H groups in total. The number of anilines is 3. The Morgan fingerprint density at radius 1 is 0.450 bits per heavy atom. The molecule has 5 aromatic carbocycles. The molecule has 0 unspecified atom stereocenters. The number of nitrogens with zero attached hydrogens (tertiary/aromatic N) is 4. The third-order valence-corrected chi connectivity index (χ3v) is 7.79. The monoisotopic (exact) mass is 514 g/mol. The highest BCUT2D eigenvalue weighted by Gasteiger charge is 2.47. The maximum atomic E-state index is 6.46. The summed E-state index contributed by atoms with van der Waals surface area (Å²) in [5, 5.41) is 0. The second-order valence-electron chi connectivity index (χ2n) is 10.0. The van der Waals surface area contributed by atoms with E-state index in [2.05, 4.69) is 17.0 Å². The summed E-state index contributed by atoms with van der Waals surface area (Å²) in [6.07, 6.45) is 0. The molecule has 0 spiro atoms. The van der Waals surface area contributed by atoms with E-state index in [1.54, 1.807) is 0 Å². The number of ether oxygens (including phenoxy) is 2. The van der Waals surface area contributed by atoms with E-state index in [-0.39, 0.29) is 6.71 Å². The Kier molecular flexibility index (Phi) is 4.32. The van der Waals surface area contributed by atoms with Gasteiger partial charge < -0.3 is 9.47 Å². The van der Waals surface area contributed by atoms with Gasteiger partial charge in [-0.15, -0.1) is 0 Å². The predicted octanol–water partition coefficient (Wildman–Crippen LogP) is 5.72. The van der Waals surface area contributed by atoms with Gasteiger partial charge in [-0.3, -0.25) is 4.90 Å². The minimum absolute atomic E-state index is 0.00799. The lowest BCUT2D eigenvalue weighted by atomic mass is 9.33. The Morgan fingerprint density at radius 2 is 0.900 bits per heavy atom. The van der Waals surface area contributed by atoms with E-state index >= 15 is 0 Å². The van der Waals surface area contributed by atoms with Crippen molar-refractivity contribution in [1.29, 1.82) is 0 Å². The highest BCUT2D eigenvalue weighted by molar-refractivity contribution is 7.00. The van der Waals surface area contributed by atoms with E-state index in [1.165, 1.54) is 0 Å². The molecule has 0 amide bonds. The van der Waals surface area contributed by atoms with Gasteiger partial charge in [0.15, 0.2) is 11.6 Å². The van der Waals surface area contributed by atoms with Crippen molar-refractivity contribution in [3.63, 3.8) is 0 Å². The summed E-state index contributed by atoms with van der Waals surface area (Å²) in [4.78, 5) is 17.1. The standard InChI is InChI=1S/C33H19BN4O2/c1-3-10-20(11-4-1)31-35-32(21-12-5-2-6-13-21)37-33(36-31)38-22-14-7-16-24-28(22)34-29-23(38)15-8-17-25(29)40-27-19-9-18-26(39-24)30(27)34/h1-19H. The Labute approximate surface area is 230 Å². The van der Waals surface area contributed by atoms with Gasteiger partial charge in [0, 0.05) is 28.0 Å². The summed E-state index contributed by atoms with van der Waals surface area (Å²) in [5.41, 5.74) is 7.06. The third kappa shape index (κ3) is 2.97. The summed E-state index contributed by atoms with van der Waals surface area (Å²) >= 11 is 0. The molecule has 9 rings (SSSR count). The van der Waals surface area contributed by atoms with Crippen molar-refractivity contribution < 1.29 is 9.47 Å². The Morgan fingerprint density at radius 3 is 1.40 bits per heavy atom. The Hall–Kier alpha value is -5.43. The second-order valence-corrected chi connectivity index (χ2v) is 10.0. The molecule has 7 heteroatoms. The molecule has 0 radical (unpaired) electrons. The molecular formula is C33H19BN4O2. The van der Waals surface area contributed by atoms with E-state index in [9.17, 15) is 0 Å². The first-order valence-corrected chi connectivity index (χ1v) is 13.2. The van der Waals surface area contributed by atoms with E-state index < -0.39 is 0 Å². The van der Waals surface area contributed by atoms with Crippen LogP contribution in [0.25, 0.3) is 22.8 Å². The fraction of sp³-hybridized carbons (Fsp3) is 0. The topological polar surface area (TPSA) is 60.4 Å². The normalized spacial score (nSPS) is 13.3. The van der Waals surface area contributed by atoms with Crippen LogP contribution in [0, 0.1) is 0 Å². The van der Waals surface area contributed by atoms with Crippen molar-refractivity contribution in [2.45, 2.75) is 0 Å². The molecule has 186 valence electrons. The largest absolute Gasteiger partial charge is 0.458 e. The quantitative estimate of drug-likeness (QED) is 0.281. The van der Waals surface area contributed by atoms with Crippen molar-refractivity contribution in [3.8, 4) is 45.8 Å². The average Bonchev–Trinajstić information content (AvgIpc) is 3.02. The number of benzene rings is 5. The van der Waals surface area contributed by atoms with E-state index in [0.29, 0.717) is 17.6 Å². The zero-order chi connectivity index (χ0) is 26.2. The SMILES string of the molecule is c1ccc(-c2nc(-c3ccccc3)nc(N3c4cccc5c4B4c6c(cccc6Oc6cccc3c64)O5)n2)cc1. The zero-order valence-electron chi connectivity index (χ0n) is 21.2. The van der Waals surface area contributed by atoms with Gasteiger partial charge in [-0.2, -0.15) is 9.97 Å². The molecule has 0 aliphatic carbocycles. The maximum absolute atomic E-state index is 6.46. The van der Waals surface area contributed by atoms with Gasteiger partial charge in [0.25, 0.3) is 6.71 Å². The molecule has 1 aromatic heterocycles. The van der Waals surface area contributed by atoms with Gasteiger partial charge >= 0.3 is 0 Å². The lowest BCUT2D eigenvalue weighted by molar-refractivity contribution is 0.464. The predicted molar refractivity (Wildman–Crippen MR) is 157 cm³/mol. The Bertz CT molecular complexity index is 1850. The molecule has 3 aliphatic heterocycles. The van der Waals surface area contributed by atoms with Crippen LogP contribution in [0.1, 0.15) is 0 Å². The smallest absolute Gasteiger partial charge is 0.266 e. The number of hydrogen-bond acceptors (Lipinski definition) is 6. The van der Waals surface area contributed by atoms with E-state index in [0.717, 1.165) is 61.9 Å². The van der Waals surface area contributed by atoms with Crippen LogP contribution in [0.4, 0.5) is 17.3 Å². The van der Waals surface area contributed by atoms with Crippen LogP contribution in [0.2, 0.25) is 0 Å². The van der Waals surface area contributed by atoms with Gasteiger partial charge in [-0.25, -0.2) is 4.98 Å². The first kappa shape index (κ1) is 21.5. The third-order valence-electron chi connectivity index (χ3n) is 7.79. The highest BCUT2D eigenvalue weighted by atomic mass is 16.5. The molecule has 0 fully saturated rings. The molecule has 0 bridgehead atoms. The molecule has 3 aliphatic rings. The second kappa shape index (κ2) is 8.04. The van der Waals surface area contributed by atoms with Gasteiger partial charge in [0.1, 0.15) is 23.0 Å². The molecule has 6 aromatic rings. The minimum atomic E-state index is -0.00799. The van der Waals surface area contributed by atoms with Crippen molar-refractivity contribution in [2.75, 3.05) is 4.90 Å². The number of aromatic nitrogens is 3. The van der Waals surface area contributed by atoms with Gasteiger partial charge in [-0.05, 0) is 47.3 Å². The molecule has 0 saturated carbocycles. The van der Waals surface area contributed by atoms with E-state index in [4.69, 9.17) is 24.4 Å². The maximum Gasteiger partial charge on any atom is 0.266 e. The van der Waals surface area contributed by atoms with Crippen LogP contribution in [0.15, 0.2) is 115 Å². The van der Waals surface area contributed by atoms with Gasteiger partial charge in [0.05, 0.1) is 0 Å². The summed E-state index contributed by atoms with van der Waals surface area (Å²) < 4.78 is 12.9. The van der Waals surface area contributed by atoms with Crippen LogP contribution in [0.3, 0.4) is 0 Å². The average molecular weight is 514 g/mol. The number of rotatable bonds is 3. The minimum Gasteiger partial charge on any atom is -0.458 e. The van der Waals surface area contributed by atoms with Crippen molar-refractivity contribution in [2.24, 2.45) is 0 Å². The molecule has 0 saturated heterocycles. The Balaban J connectivity index is 1.34. The lowest BCUT2D eigenvalue weighted by Gasteiger charge is -2.41. The number of hydrogen-bond donors (Lipinski definition) is 0. The molecule has 0 atom stereocenters. The first-order chi connectivity index (χ1) is 19.8. The molecule has 6 nitrogen and oxygen atoms in total. The first-order valence-electron chi connectivity index (χ1n) is 13.2. The van der Waals surface area contributed by atoms with Crippen molar-refractivity contribution in [3.05, 3.63) is 115 Å². The summed E-state index contributed by atoms with van der Waals surface area (Å²) in [5.74, 6) is 5.10.